The number of ether oxygens (including phenoxy) is 1. The zero-order valence-corrected chi connectivity index (χ0v) is 14.7. The molecule has 0 spiro atoms. The highest BCUT2D eigenvalue weighted by atomic mass is 32.2. The monoisotopic (exact) mass is 392 g/mol. The minimum absolute atomic E-state index is 0.0664. The van der Waals surface area contributed by atoms with Gasteiger partial charge >= 0.3 is 5.97 Å². The molecule has 1 aromatic heterocycles. The molecule has 0 atom stereocenters. The van der Waals surface area contributed by atoms with Gasteiger partial charge in [-0.3, -0.25) is 0 Å². The van der Waals surface area contributed by atoms with Crippen molar-refractivity contribution in [2.45, 2.75) is 11.3 Å². The molecule has 3 aromatic rings. The Kier molecular flexibility index (Phi) is 5.15. The zero-order valence-electron chi connectivity index (χ0n) is 13.9. The van der Waals surface area contributed by atoms with Crippen LogP contribution in [-0.4, -0.2) is 26.0 Å². The first-order valence-corrected chi connectivity index (χ1v) is 9.33. The summed E-state index contributed by atoms with van der Waals surface area (Å²) < 4.78 is 54.6. The fraction of sp³-hybridized carbons (Fsp3) is 0.111. The van der Waals surface area contributed by atoms with E-state index in [2.05, 4.69) is 4.98 Å². The second-order valence-corrected chi connectivity index (χ2v) is 7.22. The van der Waals surface area contributed by atoms with Crippen molar-refractivity contribution in [2.75, 3.05) is 6.61 Å². The summed E-state index contributed by atoms with van der Waals surface area (Å²) in [5.74, 6) is -2.71. The van der Waals surface area contributed by atoms with Gasteiger partial charge in [-0.05, 0) is 29.8 Å². The number of carbonyl (C=O) groups excluding carboxylic acids is 1. The molecule has 0 radical (unpaired) electrons. The molecule has 3 rings (SSSR count). The molecule has 0 aliphatic carbocycles. The molecule has 0 fully saturated rings. The first kappa shape index (κ1) is 18.9. The third-order valence-electron chi connectivity index (χ3n) is 3.87. The van der Waals surface area contributed by atoms with Crippen LogP contribution in [0.1, 0.15) is 16.1 Å². The number of benzene rings is 2. The van der Waals surface area contributed by atoms with E-state index in [1.807, 2.05) is 0 Å². The van der Waals surface area contributed by atoms with E-state index in [0.29, 0.717) is 5.56 Å². The summed E-state index contributed by atoms with van der Waals surface area (Å²) in [6.07, 6.45) is 1.46. The van der Waals surface area contributed by atoms with Crippen LogP contribution >= 0.6 is 0 Å². The van der Waals surface area contributed by atoms with Crippen molar-refractivity contribution in [1.29, 1.82) is 0 Å². The van der Waals surface area contributed by atoms with Crippen LogP contribution in [0.4, 0.5) is 8.78 Å². The maximum atomic E-state index is 13.2. The number of primary sulfonamides is 1. The van der Waals surface area contributed by atoms with Gasteiger partial charge in [-0.1, -0.05) is 18.2 Å². The molecular weight excluding hydrogens is 378 g/mol. The molecule has 140 valence electrons. The molecule has 0 saturated carbocycles. The highest BCUT2D eigenvalue weighted by Crippen LogP contribution is 2.24. The van der Waals surface area contributed by atoms with E-state index in [0.717, 1.165) is 12.1 Å². The van der Waals surface area contributed by atoms with Crippen LogP contribution in [0, 0.1) is 11.6 Å². The number of carbonyl (C=O) groups is 1. The highest BCUT2D eigenvalue weighted by Gasteiger charge is 2.18. The van der Waals surface area contributed by atoms with Crippen molar-refractivity contribution < 1.29 is 26.7 Å². The van der Waals surface area contributed by atoms with Crippen LogP contribution in [0.2, 0.25) is 0 Å². The highest BCUT2D eigenvalue weighted by molar-refractivity contribution is 7.89. The van der Waals surface area contributed by atoms with Crippen LogP contribution in [0.25, 0.3) is 10.8 Å². The Bertz CT molecular complexity index is 1130. The number of rotatable bonds is 5. The fourth-order valence-electron chi connectivity index (χ4n) is 2.61. The van der Waals surface area contributed by atoms with Crippen molar-refractivity contribution in [3.05, 3.63) is 71.6 Å². The number of hydrogen-bond donors (Lipinski definition) is 1. The average Bonchev–Trinajstić information content (AvgIpc) is 2.62. The van der Waals surface area contributed by atoms with Crippen molar-refractivity contribution >= 4 is 26.8 Å². The van der Waals surface area contributed by atoms with Gasteiger partial charge in [0.2, 0.25) is 10.0 Å². The predicted molar refractivity (Wildman–Crippen MR) is 93.5 cm³/mol. The molecule has 0 bridgehead atoms. The molecule has 0 saturated heterocycles. The van der Waals surface area contributed by atoms with E-state index in [4.69, 9.17) is 9.88 Å². The third kappa shape index (κ3) is 4.09. The van der Waals surface area contributed by atoms with Crippen LogP contribution < -0.4 is 5.14 Å². The second-order valence-electron chi connectivity index (χ2n) is 5.69. The zero-order chi connectivity index (χ0) is 19.6. The van der Waals surface area contributed by atoms with Crippen molar-refractivity contribution in [2.24, 2.45) is 5.14 Å². The van der Waals surface area contributed by atoms with E-state index in [9.17, 15) is 22.0 Å². The molecule has 9 heteroatoms. The van der Waals surface area contributed by atoms with Gasteiger partial charge in [0.15, 0.2) is 17.3 Å². The summed E-state index contributed by atoms with van der Waals surface area (Å²) in [7, 11) is -3.98. The number of sulfonamides is 1. The Morgan fingerprint density at radius 2 is 1.85 bits per heavy atom. The quantitative estimate of drug-likeness (QED) is 0.673. The summed E-state index contributed by atoms with van der Waals surface area (Å²) in [5, 5.41) is 5.73. The lowest BCUT2D eigenvalue weighted by Crippen LogP contribution is -2.14. The van der Waals surface area contributed by atoms with Crippen molar-refractivity contribution in [1.82, 2.24) is 4.98 Å². The number of fused-ring (bicyclic) bond motifs is 1. The smallest absolute Gasteiger partial charge is 0.357 e. The average molecular weight is 392 g/mol. The molecule has 2 aromatic carbocycles. The van der Waals surface area contributed by atoms with Gasteiger partial charge in [0.05, 0.1) is 11.5 Å². The van der Waals surface area contributed by atoms with Crippen molar-refractivity contribution in [3.63, 3.8) is 0 Å². The summed E-state index contributed by atoms with van der Waals surface area (Å²) in [6.45, 7) is -0.0865. The molecule has 27 heavy (non-hydrogen) atoms. The number of nitrogens with two attached hydrogens (primary N) is 1. The van der Waals surface area contributed by atoms with Gasteiger partial charge in [-0.2, -0.15) is 0 Å². The molecule has 1 heterocycles. The summed E-state index contributed by atoms with van der Waals surface area (Å²) in [5.41, 5.74) is 0.396. The van der Waals surface area contributed by atoms with Gasteiger partial charge in [0, 0.05) is 23.4 Å². The van der Waals surface area contributed by atoms with Gasteiger partial charge in [-0.25, -0.2) is 32.1 Å². The molecule has 6 nitrogen and oxygen atoms in total. The minimum Gasteiger partial charge on any atom is -0.461 e. The van der Waals surface area contributed by atoms with Crippen LogP contribution in [0.15, 0.2) is 53.6 Å². The second kappa shape index (κ2) is 7.37. The Morgan fingerprint density at radius 3 is 2.56 bits per heavy atom. The predicted octanol–water partition coefficient (Wildman–Crippen LogP) is 2.56. The van der Waals surface area contributed by atoms with Crippen LogP contribution in [-0.2, 0) is 21.2 Å². The van der Waals surface area contributed by atoms with Gasteiger partial charge < -0.3 is 4.74 Å². The van der Waals surface area contributed by atoms with Crippen LogP contribution in [0.5, 0.6) is 0 Å². The van der Waals surface area contributed by atoms with E-state index in [1.54, 1.807) is 0 Å². The molecule has 0 aliphatic rings. The first-order chi connectivity index (χ1) is 12.8. The standard InChI is InChI=1S/C18H14F2N2O4S/c19-14-5-4-11(10-15(14)20)7-9-26-18(23)17-13-2-1-3-16(27(21,24)25)12(13)6-8-22-17/h1-6,8,10H,7,9H2,(H2,21,24,25). The van der Waals surface area contributed by atoms with E-state index in [-0.39, 0.29) is 34.4 Å². The molecule has 0 unspecified atom stereocenters. The third-order valence-corrected chi connectivity index (χ3v) is 4.84. The molecular formula is C18H14F2N2O4S. The topological polar surface area (TPSA) is 99.4 Å². The number of halogens is 2. The Labute approximate surface area is 153 Å². The normalized spacial score (nSPS) is 11.5. The summed E-state index contributed by atoms with van der Waals surface area (Å²) in [4.78, 5) is 16.2. The van der Waals surface area contributed by atoms with E-state index >= 15 is 0 Å². The fourth-order valence-corrected chi connectivity index (χ4v) is 3.37. The SMILES string of the molecule is NS(=O)(=O)c1cccc2c(C(=O)OCCc3ccc(F)c(F)c3)nccc12. The summed E-state index contributed by atoms with van der Waals surface area (Å²) >= 11 is 0. The number of hydrogen-bond acceptors (Lipinski definition) is 5. The van der Waals surface area contributed by atoms with Crippen molar-refractivity contribution in [3.8, 4) is 0 Å². The van der Waals surface area contributed by atoms with Gasteiger partial charge in [0.25, 0.3) is 0 Å². The molecule has 0 aliphatic heterocycles. The lowest BCUT2D eigenvalue weighted by Gasteiger charge is -2.09. The summed E-state index contributed by atoms with van der Waals surface area (Å²) in [6, 6.07) is 9.15. The molecule has 2 N–H and O–H groups in total. The Hall–Kier alpha value is -2.91. The number of pyridine rings is 1. The number of esters is 1. The Balaban J connectivity index is 1.81. The number of aromatic nitrogens is 1. The van der Waals surface area contributed by atoms with Gasteiger partial charge in [-0.15, -0.1) is 0 Å². The molecule has 0 amide bonds. The number of nitrogens with zero attached hydrogens (tertiary/aromatic N) is 1. The van der Waals surface area contributed by atoms with E-state index < -0.39 is 27.6 Å². The van der Waals surface area contributed by atoms with Gasteiger partial charge in [0.1, 0.15) is 0 Å². The maximum absolute atomic E-state index is 13.2. The first-order valence-electron chi connectivity index (χ1n) is 7.79. The Morgan fingerprint density at radius 1 is 1.07 bits per heavy atom. The maximum Gasteiger partial charge on any atom is 0.357 e. The lowest BCUT2D eigenvalue weighted by molar-refractivity contribution is 0.0505. The van der Waals surface area contributed by atoms with Crippen LogP contribution in [0.3, 0.4) is 0 Å². The minimum atomic E-state index is -3.98. The largest absolute Gasteiger partial charge is 0.461 e. The lowest BCUT2D eigenvalue weighted by atomic mass is 10.1. The van der Waals surface area contributed by atoms with E-state index in [1.165, 1.54) is 36.5 Å².